The molecule has 33 heavy (non-hydrogen) atoms. The molecule has 3 aliphatic rings. The highest BCUT2D eigenvalue weighted by atomic mass is 35.5. The molecule has 1 unspecified atom stereocenters. The van der Waals surface area contributed by atoms with Crippen LogP contribution >= 0.6 is 23.2 Å². The molecule has 5 rings (SSSR count). The monoisotopic (exact) mass is 486 g/mol. The third-order valence-electron chi connectivity index (χ3n) is 6.58. The molecule has 2 saturated heterocycles. The van der Waals surface area contributed by atoms with Crippen LogP contribution in [0.3, 0.4) is 0 Å². The van der Waals surface area contributed by atoms with E-state index in [4.69, 9.17) is 23.2 Å². The van der Waals surface area contributed by atoms with Crippen LogP contribution in [0.5, 0.6) is 0 Å². The van der Waals surface area contributed by atoms with E-state index in [1.807, 2.05) is 24.3 Å². The summed E-state index contributed by atoms with van der Waals surface area (Å²) in [5.74, 6) is -0.799. The van der Waals surface area contributed by atoms with Gasteiger partial charge < -0.3 is 9.80 Å². The summed E-state index contributed by atoms with van der Waals surface area (Å²) in [5.41, 5.74) is 3.77. The van der Waals surface area contributed by atoms with Gasteiger partial charge in [0.25, 0.3) is 5.91 Å². The molecule has 7 nitrogen and oxygen atoms in total. The molecule has 0 spiro atoms. The van der Waals surface area contributed by atoms with Crippen molar-refractivity contribution in [1.29, 1.82) is 0 Å². The zero-order chi connectivity index (χ0) is 23.1. The number of rotatable bonds is 4. The number of piperazine rings is 1. The molecule has 0 aromatic heterocycles. The normalized spacial score (nSPS) is 21.4. The van der Waals surface area contributed by atoms with Crippen LogP contribution in [0.25, 0.3) is 0 Å². The molecule has 0 saturated carbocycles. The lowest BCUT2D eigenvalue weighted by Crippen LogP contribution is -2.52. The lowest BCUT2D eigenvalue weighted by Gasteiger charge is -2.36. The Morgan fingerprint density at radius 1 is 0.939 bits per heavy atom. The van der Waals surface area contributed by atoms with Gasteiger partial charge in [0.2, 0.25) is 11.8 Å². The Hall–Kier alpha value is -2.61. The van der Waals surface area contributed by atoms with Gasteiger partial charge in [-0.2, -0.15) is 0 Å². The first-order chi connectivity index (χ1) is 15.9. The van der Waals surface area contributed by atoms with Crippen molar-refractivity contribution in [1.82, 2.24) is 15.1 Å². The molecule has 3 amide bonds. The number of hydrogen-bond acceptors (Lipinski definition) is 5. The maximum absolute atomic E-state index is 12.9. The Morgan fingerprint density at radius 2 is 1.67 bits per heavy atom. The van der Waals surface area contributed by atoms with Crippen LogP contribution in [0.4, 0.5) is 5.69 Å². The standard InChI is InChI=1S/C24H24Cl2N4O3/c25-17-10-18(26)12-19(11-17)29-7-5-28(6-8-29)13-15-1-2-20-16(9-15)14-30(24(20)33)21-3-4-22(31)27-23(21)32/h1-2,9-12,21H,3-8,13-14H2,(H,27,31,32). The number of carbonyl (C=O) groups is 3. The first kappa shape index (κ1) is 22.2. The summed E-state index contributed by atoms with van der Waals surface area (Å²) in [7, 11) is 0. The minimum absolute atomic E-state index is 0.139. The Labute approximate surface area is 202 Å². The predicted molar refractivity (Wildman–Crippen MR) is 126 cm³/mol. The number of nitrogens with zero attached hydrogens (tertiary/aromatic N) is 3. The van der Waals surface area contributed by atoms with Crippen LogP contribution < -0.4 is 10.2 Å². The van der Waals surface area contributed by atoms with Gasteiger partial charge in [0, 0.05) is 67.0 Å². The van der Waals surface area contributed by atoms with E-state index in [9.17, 15) is 14.4 Å². The first-order valence-corrected chi connectivity index (χ1v) is 11.8. The summed E-state index contributed by atoms with van der Waals surface area (Å²) in [6.07, 6.45) is 0.633. The summed E-state index contributed by atoms with van der Waals surface area (Å²) < 4.78 is 0. The van der Waals surface area contributed by atoms with Crippen LogP contribution in [0.15, 0.2) is 36.4 Å². The lowest BCUT2D eigenvalue weighted by atomic mass is 10.0. The molecule has 0 aliphatic carbocycles. The van der Waals surface area contributed by atoms with Crippen LogP contribution in [0.1, 0.15) is 34.3 Å². The number of carbonyl (C=O) groups excluding carboxylic acids is 3. The molecule has 0 bridgehead atoms. The van der Waals surface area contributed by atoms with Crippen molar-refractivity contribution >= 4 is 46.6 Å². The van der Waals surface area contributed by atoms with Gasteiger partial charge in [0.15, 0.2) is 0 Å². The molecule has 172 valence electrons. The van der Waals surface area contributed by atoms with E-state index < -0.39 is 6.04 Å². The van der Waals surface area contributed by atoms with Gasteiger partial charge in [-0.25, -0.2) is 0 Å². The highest BCUT2D eigenvalue weighted by Crippen LogP contribution is 2.29. The van der Waals surface area contributed by atoms with Crippen molar-refractivity contribution in [2.24, 2.45) is 0 Å². The molecule has 1 N–H and O–H groups in total. The fourth-order valence-corrected chi connectivity index (χ4v) is 5.38. The predicted octanol–water partition coefficient (Wildman–Crippen LogP) is 3.08. The Morgan fingerprint density at radius 3 is 2.36 bits per heavy atom. The molecule has 2 fully saturated rings. The SMILES string of the molecule is O=C1CCC(N2Cc3cc(CN4CCN(c5cc(Cl)cc(Cl)c5)CC4)ccc3C2=O)C(=O)N1. The average molecular weight is 487 g/mol. The minimum Gasteiger partial charge on any atom is -0.369 e. The van der Waals surface area contributed by atoms with E-state index in [0.717, 1.165) is 49.5 Å². The van der Waals surface area contributed by atoms with Gasteiger partial charge in [-0.3, -0.25) is 24.6 Å². The Kier molecular flexibility index (Phi) is 6.03. The van der Waals surface area contributed by atoms with Gasteiger partial charge in [0.05, 0.1) is 0 Å². The van der Waals surface area contributed by atoms with Gasteiger partial charge in [-0.05, 0) is 41.8 Å². The number of hydrogen-bond donors (Lipinski definition) is 1. The van der Waals surface area contributed by atoms with Crippen molar-refractivity contribution in [2.75, 3.05) is 31.1 Å². The number of nitrogens with one attached hydrogen (secondary N) is 1. The summed E-state index contributed by atoms with van der Waals surface area (Å²) in [5, 5.41) is 3.62. The lowest BCUT2D eigenvalue weighted by molar-refractivity contribution is -0.136. The van der Waals surface area contributed by atoms with Gasteiger partial charge in [-0.15, -0.1) is 0 Å². The number of imide groups is 1. The van der Waals surface area contributed by atoms with E-state index >= 15 is 0 Å². The fourth-order valence-electron chi connectivity index (χ4n) is 4.87. The molecular weight excluding hydrogens is 463 g/mol. The van der Waals surface area contributed by atoms with Crippen molar-refractivity contribution in [3.8, 4) is 0 Å². The third-order valence-corrected chi connectivity index (χ3v) is 7.02. The quantitative estimate of drug-likeness (QED) is 0.672. The average Bonchev–Trinajstić information content (AvgIpc) is 3.09. The highest BCUT2D eigenvalue weighted by molar-refractivity contribution is 6.35. The van der Waals surface area contributed by atoms with Crippen LogP contribution in [0, 0.1) is 0 Å². The molecule has 3 heterocycles. The molecule has 3 aliphatic heterocycles. The van der Waals surface area contributed by atoms with Gasteiger partial charge >= 0.3 is 0 Å². The van der Waals surface area contributed by atoms with Crippen molar-refractivity contribution in [3.63, 3.8) is 0 Å². The van der Waals surface area contributed by atoms with Gasteiger partial charge in [-0.1, -0.05) is 35.3 Å². The van der Waals surface area contributed by atoms with E-state index in [0.29, 0.717) is 28.6 Å². The number of benzene rings is 2. The van der Waals surface area contributed by atoms with Crippen LogP contribution in [-0.4, -0.2) is 59.7 Å². The highest BCUT2D eigenvalue weighted by Gasteiger charge is 2.39. The number of halogens is 2. The van der Waals surface area contributed by atoms with Crippen molar-refractivity contribution < 1.29 is 14.4 Å². The molecular formula is C24H24Cl2N4O3. The Bertz CT molecular complexity index is 1110. The maximum Gasteiger partial charge on any atom is 0.255 e. The zero-order valence-corrected chi connectivity index (χ0v) is 19.5. The second-order valence-corrected chi connectivity index (χ2v) is 9.66. The van der Waals surface area contributed by atoms with E-state index in [1.54, 1.807) is 11.0 Å². The number of fused-ring (bicyclic) bond motifs is 1. The minimum atomic E-state index is -0.584. The zero-order valence-electron chi connectivity index (χ0n) is 18.0. The van der Waals surface area contributed by atoms with E-state index in [-0.39, 0.29) is 24.1 Å². The fraction of sp³-hybridized carbons (Fsp3) is 0.375. The topological polar surface area (TPSA) is 73.0 Å². The number of piperidine rings is 1. The van der Waals surface area contributed by atoms with Crippen molar-refractivity contribution in [3.05, 3.63) is 63.1 Å². The number of amides is 3. The summed E-state index contributed by atoms with van der Waals surface area (Å²) >= 11 is 12.3. The largest absolute Gasteiger partial charge is 0.369 e. The molecule has 2 aromatic rings. The summed E-state index contributed by atoms with van der Waals surface area (Å²) in [6, 6.07) is 11.0. The summed E-state index contributed by atoms with van der Waals surface area (Å²) in [4.78, 5) is 42.8. The molecule has 2 aromatic carbocycles. The van der Waals surface area contributed by atoms with E-state index in [1.165, 1.54) is 0 Å². The van der Waals surface area contributed by atoms with Crippen LogP contribution in [-0.2, 0) is 22.7 Å². The molecule has 0 radical (unpaired) electrons. The third kappa shape index (κ3) is 4.58. The summed E-state index contributed by atoms with van der Waals surface area (Å²) in [6.45, 7) is 4.76. The van der Waals surface area contributed by atoms with Crippen LogP contribution in [0.2, 0.25) is 10.0 Å². The second kappa shape index (κ2) is 8.97. The van der Waals surface area contributed by atoms with E-state index in [2.05, 4.69) is 21.2 Å². The first-order valence-electron chi connectivity index (χ1n) is 11.1. The second-order valence-electron chi connectivity index (χ2n) is 8.78. The molecule has 9 heteroatoms. The molecule has 1 atom stereocenters. The van der Waals surface area contributed by atoms with Gasteiger partial charge in [0.1, 0.15) is 6.04 Å². The number of anilines is 1. The smallest absolute Gasteiger partial charge is 0.255 e. The van der Waals surface area contributed by atoms with Crippen molar-refractivity contribution in [2.45, 2.75) is 32.0 Å². The Balaban J connectivity index is 1.21. The maximum atomic E-state index is 12.9.